The highest BCUT2D eigenvalue weighted by molar-refractivity contribution is 7.20. The molecule has 0 amide bonds. The van der Waals surface area contributed by atoms with Crippen molar-refractivity contribution in [1.29, 1.82) is 0 Å². The van der Waals surface area contributed by atoms with Crippen LogP contribution in [0.5, 0.6) is 0 Å². The van der Waals surface area contributed by atoms with Crippen LogP contribution in [0.3, 0.4) is 0 Å². The third-order valence-electron chi connectivity index (χ3n) is 3.20. The molecule has 0 spiro atoms. The van der Waals surface area contributed by atoms with Crippen molar-refractivity contribution in [2.75, 3.05) is 6.61 Å². The van der Waals surface area contributed by atoms with Gasteiger partial charge in [0, 0.05) is 18.0 Å². The summed E-state index contributed by atoms with van der Waals surface area (Å²) in [6.45, 7) is 3.76. The monoisotopic (exact) mass is 315 g/mol. The van der Waals surface area contributed by atoms with Crippen LogP contribution in [-0.4, -0.2) is 27.5 Å². The van der Waals surface area contributed by atoms with Gasteiger partial charge in [-0.2, -0.15) is 4.98 Å². The van der Waals surface area contributed by atoms with E-state index >= 15 is 0 Å². The number of esters is 1. The number of hydrogen-bond donors (Lipinski definition) is 1. The highest BCUT2D eigenvalue weighted by atomic mass is 32.1. The van der Waals surface area contributed by atoms with Gasteiger partial charge in [-0.05, 0) is 31.5 Å². The number of rotatable bonds is 3. The van der Waals surface area contributed by atoms with E-state index in [9.17, 15) is 9.59 Å². The van der Waals surface area contributed by atoms with Crippen molar-refractivity contribution in [2.45, 2.75) is 13.8 Å². The molecule has 1 N–H and O–H groups in total. The van der Waals surface area contributed by atoms with Crippen molar-refractivity contribution in [2.24, 2.45) is 0 Å². The largest absolute Gasteiger partial charge is 0.462 e. The zero-order valence-corrected chi connectivity index (χ0v) is 12.9. The van der Waals surface area contributed by atoms with Gasteiger partial charge >= 0.3 is 5.97 Å². The normalized spacial score (nSPS) is 10.8. The van der Waals surface area contributed by atoms with Crippen molar-refractivity contribution >= 4 is 27.5 Å². The standard InChI is InChI=1S/C15H13N3O3S/c1-3-21-15(20)11-8(2)10-13(19)17-12(18-14(10)22-11)9-5-4-6-16-7-9/h4-7H,3H2,1-2H3,(H,17,18,19). The maximum absolute atomic E-state index is 12.3. The Labute approximate surface area is 129 Å². The van der Waals surface area contributed by atoms with Gasteiger partial charge < -0.3 is 9.72 Å². The van der Waals surface area contributed by atoms with Gasteiger partial charge in [0.05, 0.1) is 12.0 Å². The lowest BCUT2D eigenvalue weighted by atomic mass is 10.2. The molecule has 3 rings (SSSR count). The number of nitrogens with zero attached hydrogens (tertiary/aromatic N) is 2. The quantitative estimate of drug-likeness (QED) is 0.751. The number of thiophene rings is 1. The van der Waals surface area contributed by atoms with E-state index in [-0.39, 0.29) is 5.56 Å². The fourth-order valence-electron chi connectivity index (χ4n) is 2.18. The number of aryl methyl sites for hydroxylation is 1. The Balaban J connectivity index is 2.19. The van der Waals surface area contributed by atoms with Crippen LogP contribution in [0, 0.1) is 6.92 Å². The summed E-state index contributed by atoms with van der Waals surface area (Å²) >= 11 is 1.20. The lowest BCUT2D eigenvalue weighted by Gasteiger charge is -2.00. The van der Waals surface area contributed by atoms with E-state index in [0.717, 1.165) is 0 Å². The molecule has 0 atom stereocenters. The van der Waals surface area contributed by atoms with E-state index in [0.29, 0.717) is 38.7 Å². The number of hydrogen-bond acceptors (Lipinski definition) is 6. The lowest BCUT2D eigenvalue weighted by Crippen LogP contribution is -2.10. The van der Waals surface area contributed by atoms with Crippen molar-refractivity contribution in [1.82, 2.24) is 15.0 Å². The average molecular weight is 315 g/mol. The molecule has 0 aliphatic carbocycles. The molecule has 0 bridgehead atoms. The van der Waals surface area contributed by atoms with E-state index in [4.69, 9.17) is 4.74 Å². The summed E-state index contributed by atoms with van der Waals surface area (Å²) in [7, 11) is 0. The number of aromatic nitrogens is 3. The summed E-state index contributed by atoms with van der Waals surface area (Å²) in [6, 6.07) is 3.58. The molecule has 22 heavy (non-hydrogen) atoms. The first-order valence-corrected chi connectivity index (χ1v) is 7.54. The van der Waals surface area contributed by atoms with E-state index < -0.39 is 5.97 Å². The van der Waals surface area contributed by atoms with Gasteiger partial charge in [-0.25, -0.2) is 4.79 Å². The third kappa shape index (κ3) is 2.39. The van der Waals surface area contributed by atoms with Crippen LogP contribution in [0.15, 0.2) is 29.3 Å². The van der Waals surface area contributed by atoms with Crippen LogP contribution >= 0.6 is 11.3 Å². The molecule has 7 heteroatoms. The Morgan fingerprint density at radius 3 is 2.95 bits per heavy atom. The Kier molecular flexibility index (Phi) is 3.72. The highest BCUT2D eigenvalue weighted by Gasteiger charge is 2.20. The number of H-pyrrole nitrogens is 1. The molecule has 0 aliphatic heterocycles. The van der Waals surface area contributed by atoms with E-state index in [1.807, 2.05) is 6.07 Å². The number of carbonyl (C=O) groups excluding carboxylic acids is 1. The summed E-state index contributed by atoms with van der Waals surface area (Å²) in [5.41, 5.74) is 0.951. The Morgan fingerprint density at radius 2 is 2.27 bits per heavy atom. The zero-order chi connectivity index (χ0) is 15.7. The van der Waals surface area contributed by atoms with Crippen LogP contribution in [0.2, 0.25) is 0 Å². The molecule has 0 saturated carbocycles. The van der Waals surface area contributed by atoms with Crippen molar-refractivity contribution in [3.63, 3.8) is 0 Å². The second-order valence-corrected chi connectivity index (χ2v) is 5.63. The number of fused-ring (bicyclic) bond motifs is 1. The summed E-state index contributed by atoms with van der Waals surface area (Å²) in [6.07, 6.45) is 3.27. The minimum absolute atomic E-state index is 0.291. The average Bonchev–Trinajstić information content (AvgIpc) is 2.86. The van der Waals surface area contributed by atoms with Gasteiger partial charge in [-0.15, -0.1) is 11.3 Å². The first-order valence-electron chi connectivity index (χ1n) is 6.72. The topological polar surface area (TPSA) is 84.9 Å². The van der Waals surface area contributed by atoms with Crippen LogP contribution in [0.4, 0.5) is 0 Å². The van der Waals surface area contributed by atoms with E-state index in [2.05, 4.69) is 15.0 Å². The first-order chi connectivity index (χ1) is 10.6. The fourth-order valence-corrected chi connectivity index (χ4v) is 3.27. The molecule has 112 valence electrons. The summed E-state index contributed by atoms with van der Waals surface area (Å²) in [4.78, 5) is 36.4. The number of ether oxygens (including phenoxy) is 1. The summed E-state index contributed by atoms with van der Waals surface area (Å²) in [5, 5.41) is 0.431. The number of aromatic amines is 1. The smallest absolute Gasteiger partial charge is 0.348 e. The molecule has 0 radical (unpaired) electrons. The fraction of sp³-hybridized carbons (Fsp3) is 0.200. The lowest BCUT2D eigenvalue weighted by molar-refractivity contribution is 0.0531. The molecule has 3 aromatic heterocycles. The molecule has 3 aromatic rings. The Morgan fingerprint density at radius 1 is 1.45 bits per heavy atom. The second-order valence-electron chi connectivity index (χ2n) is 4.61. The molecule has 0 aromatic carbocycles. The van der Waals surface area contributed by atoms with Gasteiger partial charge in [-0.3, -0.25) is 9.78 Å². The van der Waals surface area contributed by atoms with E-state index in [1.54, 1.807) is 32.3 Å². The van der Waals surface area contributed by atoms with Crippen molar-refractivity contribution in [3.05, 3.63) is 45.3 Å². The molecule has 0 saturated heterocycles. The Bertz CT molecular complexity index is 900. The first kappa shape index (κ1) is 14.4. The highest BCUT2D eigenvalue weighted by Crippen LogP contribution is 2.28. The zero-order valence-electron chi connectivity index (χ0n) is 12.0. The summed E-state index contributed by atoms with van der Waals surface area (Å²) in [5.74, 6) is 0.0131. The van der Waals surface area contributed by atoms with Gasteiger partial charge in [0.15, 0.2) is 0 Å². The van der Waals surface area contributed by atoms with Gasteiger partial charge in [0.2, 0.25) is 0 Å². The molecule has 6 nitrogen and oxygen atoms in total. The molecule has 0 aliphatic rings. The minimum atomic E-state index is -0.420. The minimum Gasteiger partial charge on any atom is -0.462 e. The molecule has 3 heterocycles. The van der Waals surface area contributed by atoms with Crippen LogP contribution in [0.1, 0.15) is 22.2 Å². The maximum atomic E-state index is 12.3. The predicted molar refractivity (Wildman–Crippen MR) is 84.2 cm³/mol. The SMILES string of the molecule is CCOC(=O)c1sc2[nH]c(-c3cccnc3)nc(=O)c2c1C. The number of pyridine rings is 1. The third-order valence-corrected chi connectivity index (χ3v) is 4.39. The Hall–Kier alpha value is -2.54. The van der Waals surface area contributed by atoms with Gasteiger partial charge in [0.1, 0.15) is 15.5 Å². The molecule has 0 fully saturated rings. The van der Waals surface area contributed by atoms with E-state index in [1.165, 1.54) is 11.3 Å². The molecular weight excluding hydrogens is 302 g/mol. The number of carbonyl (C=O) groups is 1. The van der Waals surface area contributed by atoms with Crippen LogP contribution in [-0.2, 0) is 4.74 Å². The summed E-state index contributed by atoms with van der Waals surface area (Å²) < 4.78 is 5.02. The van der Waals surface area contributed by atoms with Gasteiger partial charge in [0.25, 0.3) is 5.56 Å². The maximum Gasteiger partial charge on any atom is 0.348 e. The second kappa shape index (κ2) is 5.69. The van der Waals surface area contributed by atoms with Gasteiger partial charge in [-0.1, -0.05) is 0 Å². The molecule has 0 unspecified atom stereocenters. The van der Waals surface area contributed by atoms with Crippen molar-refractivity contribution < 1.29 is 9.53 Å². The van der Waals surface area contributed by atoms with Crippen LogP contribution in [0.25, 0.3) is 21.6 Å². The van der Waals surface area contributed by atoms with Crippen LogP contribution < -0.4 is 5.56 Å². The molecular formula is C15H13N3O3S. The predicted octanol–water partition coefficient (Wildman–Crippen LogP) is 2.53. The van der Waals surface area contributed by atoms with Crippen molar-refractivity contribution in [3.8, 4) is 11.4 Å². The number of nitrogens with one attached hydrogen (secondary N) is 1.